The van der Waals surface area contributed by atoms with E-state index in [0.29, 0.717) is 13.1 Å². The van der Waals surface area contributed by atoms with Gasteiger partial charge in [0.25, 0.3) is 0 Å². The van der Waals surface area contributed by atoms with E-state index < -0.39 is 10.0 Å². The van der Waals surface area contributed by atoms with Gasteiger partial charge in [-0.25, -0.2) is 13.1 Å². The van der Waals surface area contributed by atoms with Gasteiger partial charge in [-0.1, -0.05) is 42.5 Å². The maximum absolute atomic E-state index is 11.1. The molecule has 152 valence electrons. The molecule has 2 aromatic carbocycles. The lowest BCUT2D eigenvalue weighted by atomic mass is 10.0. The molecule has 8 heteroatoms. The van der Waals surface area contributed by atoms with Crippen molar-refractivity contribution in [2.75, 3.05) is 52.6 Å². The third-order valence-electron chi connectivity index (χ3n) is 4.93. The van der Waals surface area contributed by atoms with Gasteiger partial charge in [-0.3, -0.25) is 9.89 Å². The van der Waals surface area contributed by atoms with Crippen LogP contribution in [0.4, 0.5) is 0 Å². The molecule has 1 saturated heterocycles. The van der Waals surface area contributed by atoms with E-state index in [1.165, 1.54) is 16.3 Å². The molecule has 1 heterocycles. The van der Waals surface area contributed by atoms with E-state index in [1.807, 2.05) is 0 Å². The Bertz CT molecular complexity index is 916. The number of nitrogens with zero attached hydrogens (tertiary/aromatic N) is 3. The van der Waals surface area contributed by atoms with Crippen molar-refractivity contribution in [1.29, 1.82) is 0 Å². The average Bonchev–Trinajstić information content (AvgIpc) is 2.68. The Balaban J connectivity index is 1.50. The summed E-state index contributed by atoms with van der Waals surface area (Å²) < 4.78 is 24.7. The Labute approximate surface area is 167 Å². The third-order valence-corrected chi connectivity index (χ3v) is 5.66. The quantitative estimate of drug-likeness (QED) is 0.429. The summed E-state index contributed by atoms with van der Waals surface area (Å²) in [6.07, 6.45) is 1.16. The van der Waals surface area contributed by atoms with Gasteiger partial charge in [0.05, 0.1) is 6.26 Å². The van der Waals surface area contributed by atoms with Crippen LogP contribution in [0.2, 0.25) is 0 Å². The molecule has 0 radical (unpaired) electrons. The molecule has 0 atom stereocenters. The Morgan fingerprint density at radius 2 is 1.75 bits per heavy atom. The molecular formula is C20H29N5O2S. The van der Waals surface area contributed by atoms with Crippen LogP contribution in [0.5, 0.6) is 0 Å². The van der Waals surface area contributed by atoms with Gasteiger partial charge in [0.2, 0.25) is 10.0 Å². The lowest BCUT2D eigenvalue weighted by Gasteiger charge is -2.36. The molecule has 0 spiro atoms. The van der Waals surface area contributed by atoms with E-state index >= 15 is 0 Å². The zero-order valence-electron chi connectivity index (χ0n) is 16.6. The highest BCUT2D eigenvalue weighted by molar-refractivity contribution is 7.88. The van der Waals surface area contributed by atoms with Gasteiger partial charge in [0.15, 0.2) is 5.96 Å². The monoisotopic (exact) mass is 403 g/mol. The number of hydrogen-bond donors (Lipinski definition) is 2. The lowest BCUT2D eigenvalue weighted by molar-refractivity contribution is 0.173. The highest BCUT2D eigenvalue weighted by Gasteiger charge is 2.20. The van der Waals surface area contributed by atoms with Gasteiger partial charge >= 0.3 is 0 Å². The fourth-order valence-electron chi connectivity index (χ4n) is 3.53. The number of nitrogens with one attached hydrogen (secondary N) is 2. The maximum Gasteiger partial charge on any atom is 0.208 e. The van der Waals surface area contributed by atoms with Gasteiger partial charge in [0.1, 0.15) is 0 Å². The second kappa shape index (κ2) is 9.36. The first kappa shape index (κ1) is 20.6. The number of benzene rings is 2. The molecule has 0 saturated carbocycles. The normalized spacial score (nSPS) is 16.5. The molecule has 1 fully saturated rings. The summed E-state index contributed by atoms with van der Waals surface area (Å²) in [6.45, 7) is 5.51. The van der Waals surface area contributed by atoms with Crippen molar-refractivity contribution in [3.05, 3.63) is 48.0 Å². The molecule has 7 nitrogen and oxygen atoms in total. The smallest absolute Gasteiger partial charge is 0.208 e. The summed E-state index contributed by atoms with van der Waals surface area (Å²) in [5.74, 6) is 0.820. The summed E-state index contributed by atoms with van der Waals surface area (Å²) in [5.41, 5.74) is 1.36. The first-order valence-electron chi connectivity index (χ1n) is 9.55. The Morgan fingerprint density at radius 1 is 1.04 bits per heavy atom. The third kappa shape index (κ3) is 5.67. The molecule has 0 bridgehead atoms. The predicted octanol–water partition coefficient (Wildman–Crippen LogP) is 1.08. The first-order chi connectivity index (χ1) is 13.5. The molecule has 0 amide bonds. The summed E-state index contributed by atoms with van der Waals surface area (Å²) in [6, 6.07) is 15.0. The van der Waals surface area contributed by atoms with Crippen molar-refractivity contribution >= 4 is 26.8 Å². The molecule has 0 aromatic heterocycles. The van der Waals surface area contributed by atoms with Crippen LogP contribution in [0.15, 0.2) is 47.5 Å². The second-order valence-electron chi connectivity index (χ2n) is 7.04. The van der Waals surface area contributed by atoms with E-state index in [-0.39, 0.29) is 0 Å². The lowest BCUT2D eigenvalue weighted by Crippen LogP contribution is -2.52. The van der Waals surface area contributed by atoms with Gasteiger partial charge in [0, 0.05) is 52.9 Å². The number of sulfonamides is 1. The summed E-state index contributed by atoms with van der Waals surface area (Å²) in [5, 5.41) is 5.84. The SMILES string of the molecule is CN=C(NCCNS(C)(=O)=O)N1CCN(Cc2cccc3ccccc23)CC1. The first-order valence-corrected chi connectivity index (χ1v) is 11.4. The van der Waals surface area contributed by atoms with Crippen LogP contribution in [0.25, 0.3) is 10.8 Å². The average molecular weight is 404 g/mol. The van der Waals surface area contributed by atoms with Crippen LogP contribution >= 0.6 is 0 Å². The van der Waals surface area contributed by atoms with Gasteiger partial charge in [-0.05, 0) is 16.3 Å². The van der Waals surface area contributed by atoms with E-state index in [2.05, 4.69) is 67.3 Å². The number of guanidine groups is 1. The van der Waals surface area contributed by atoms with Crippen LogP contribution in [-0.2, 0) is 16.6 Å². The van der Waals surface area contributed by atoms with Crippen LogP contribution < -0.4 is 10.0 Å². The standard InChI is InChI=1S/C20H29N5O2S/c1-21-20(22-10-11-23-28(2,26)27)25-14-12-24(13-15-25)16-18-8-5-7-17-6-3-4-9-19(17)18/h3-9,23H,10-16H2,1-2H3,(H,21,22). The summed E-state index contributed by atoms with van der Waals surface area (Å²) in [4.78, 5) is 9.02. The summed E-state index contributed by atoms with van der Waals surface area (Å²) >= 11 is 0. The molecule has 3 rings (SSSR count). The Morgan fingerprint density at radius 3 is 2.46 bits per heavy atom. The minimum Gasteiger partial charge on any atom is -0.355 e. The van der Waals surface area contributed by atoms with Gasteiger partial charge < -0.3 is 10.2 Å². The van der Waals surface area contributed by atoms with E-state index in [4.69, 9.17) is 0 Å². The largest absolute Gasteiger partial charge is 0.355 e. The molecule has 1 aliphatic heterocycles. The number of hydrogen-bond acceptors (Lipinski definition) is 4. The van der Waals surface area contributed by atoms with Crippen molar-refractivity contribution in [3.8, 4) is 0 Å². The molecule has 0 unspecified atom stereocenters. The van der Waals surface area contributed by atoms with Gasteiger partial charge in [-0.2, -0.15) is 0 Å². The molecule has 28 heavy (non-hydrogen) atoms. The van der Waals surface area contributed by atoms with Crippen LogP contribution in [-0.4, -0.2) is 76.7 Å². The fourth-order valence-corrected chi connectivity index (χ4v) is 4.00. The molecule has 2 N–H and O–H groups in total. The molecule has 0 aliphatic carbocycles. The van der Waals surface area contributed by atoms with Crippen molar-refractivity contribution in [3.63, 3.8) is 0 Å². The van der Waals surface area contributed by atoms with Crippen LogP contribution in [0.1, 0.15) is 5.56 Å². The highest BCUT2D eigenvalue weighted by atomic mass is 32.2. The topological polar surface area (TPSA) is 77.0 Å². The second-order valence-corrected chi connectivity index (χ2v) is 8.87. The molecular weight excluding hydrogens is 374 g/mol. The molecule has 1 aliphatic rings. The number of aliphatic imine (C=N–C) groups is 1. The molecule has 2 aromatic rings. The fraction of sp³-hybridized carbons (Fsp3) is 0.450. The number of rotatable bonds is 6. The van der Waals surface area contributed by atoms with Crippen LogP contribution in [0, 0.1) is 0 Å². The van der Waals surface area contributed by atoms with Crippen molar-refractivity contribution in [1.82, 2.24) is 19.8 Å². The van der Waals surface area contributed by atoms with E-state index in [9.17, 15) is 8.42 Å². The van der Waals surface area contributed by atoms with Crippen molar-refractivity contribution in [2.45, 2.75) is 6.54 Å². The van der Waals surface area contributed by atoms with Gasteiger partial charge in [-0.15, -0.1) is 0 Å². The Hall–Kier alpha value is -2.16. The van der Waals surface area contributed by atoms with E-state index in [1.54, 1.807) is 7.05 Å². The Kier molecular flexibility index (Phi) is 6.88. The maximum atomic E-state index is 11.1. The predicted molar refractivity (Wildman–Crippen MR) is 115 cm³/mol. The minimum atomic E-state index is -3.16. The summed E-state index contributed by atoms with van der Waals surface area (Å²) in [7, 11) is -1.40. The zero-order valence-corrected chi connectivity index (χ0v) is 17.4. The van der Waals surface area contributed by atoms with Crippen molar-refractivity contribution < 1.29 is 8.42 Å². The van der Waals surface area contributed by atoms with E-state index in [0.717, 1.165) is 44.9 Å². The zero-order chi connectivity index (χ0) is 20.0. The van der Waals surface area contributed by atoms with Crippen molar-refractivity contribution in [2.24, 2.45) is 4.99 Å². The number of piperazine rings is 1. The highest BCUT2D eigenvalue weighted by Crippen LogP contribution is 2.20. The minimum absolute atomic E-state index is 0.346. The number of fused-ring (bicyclic) bond motifs is 1. The van der Waals surface area contributed by atoms with Crippen LogP contribution in [0.3, 0.4) is 0 Å².